The van der Waals surface area contributed by atoms with Crippen LogP contribution >= 0.6 is 34.7 Å². The number of thiophene rings is 1. The molecule has 2 amide bonds. The summed E-state index contributed by atoms with van der Waals surface area (Å²) in [5.74, 6) is 0.491. The Labute approximate surface area is 237 Å². The number of aryl methyl sites for hydroxylation is 1. The first-order valence-corrected chi connectivity index (χ1v) is 14.7. The number of rotatable bonds is 8. The molecule has 1 aliphatic carbocycles. The molecule has 11 heteroatoms. The molecule has 0 aliphatic heterocycles. The summed E-state index contributed by atoms with van der Waals surface area (Å²) in [6, 6.07) is 19.4. The maximum absolute atomic E-state index is 13.0. The third-order valence-corrected chi connectivity index (χ3v) is 9.29. The molecule has 198 valence electrons. The third-order valence-electron chi connectivity index (χ3n) is 6.74. The standard InChI is InChI=1S/C28H24ClN5O3S2/c1-16-31-25(33-37-16)24-23(29)19-5-3-4-6-20(19)34(24)18-9-7-17(8-10-18)15-30-27(36)28(13-14-28)32-26(35)21-11-12-22(38-2)39-21/h3-12H,13-15H2,1-2H3,(H,30,36)(H,32,35). The monoisotopic (exact) mass is 577 g/mol. The Morgan fingerprint density at radius 3 is 2.56 bits per heavy atom. The fourth-order valence-electron chi connectivity index (χ4n) is 4.54. The summed E-state index contributed by atoms with van der Waals surface area (Å²) in [7, 11) is 0. The lowest BCUT2D eigenvalue weighted by molar-refractivity contribution is -0.124. The van der Waals surface area contributed by atoms with Crippen LogP contribution in [0.2, 0.25) is 5.02 Å². The minimum atomic E-state index is -0.834. The van der Waals surface area contributed by atoms with E-state index in [-0.39, 0.29) is 11.8 Å². The molecule has 1 fully saturated rings. The lowest BCUT2D eigenvalue weighted by Crippen LogP contribution is -2.48. The van der Waals surface area contributed by atoms with E-state index in [4.69, 9.17) is 16.1 Å². The van der Waals surface area contributed by atoms with Crippen molar-refractivity contribution in [3.63, 3.8) is 0 Å². The predicted molar refractivity (Wildman–Crippen MR) is 154 cm³/mol. The van der Waals surface area contributed by atoms with Gasteiger partial charge < -0.3 is 19.7 Å². The molecule has 3 aromatic heterocycles. The van der Waals surface area contributed by atoms with Gasteiger partial charge in [-0.3, -0.25) is 9.59 Å². The summed E-state index contributed by atoms with van der Waals surface area (Å²) in [6.07, 6.45) is 3.23. The number of nitrogens with one attached hydrogen (secondary N) is 2. The molecule has 2 N–H and O–H groups in total. The van der Waals surface area contributed by atoms with E-state index < -0.39 is 5.54 Å². The van der Waals surface area contributed by atoms with Gasteiger partial charge in [-0.15, -0.1) is 23.1 Å². The van der Waals surface area contributed by atoms with E-state index in [0.717, 1.165) is 26.4 Å². The molecular weight excluding hydrogens is 554 g/mol. The zero-order chi connectivity index (χ0) is 27.1. The van der Waals surface area contributed by atoms with E-state index in [1.54, 1.807) is 24.8 Å². The van der Waals surface area contributed by atoms with Gasteiger partial charge in [-0.25, -0.2) is 0 Å². The van der Waals surface area contributed by atoms with Crippen molar-refractivity contribution in [2.75, 3.05) is 6.26 Å². The number of hydrogen-bond donors (Lipinski definition) is 2. The number of thioether (sulfide) groups is 1. The average Bonchev–Trinajstić information content (AvgIpc) is 3.26. The molecule has 1 saturated carbocycles. The molecule has 6 rings (SSSR count). The molecule has 0 unspecified atom stereocenters. The number of halogens is 1. The first kappa shape index (κ1) is 25.7. The number of aromatic nitrogens is 3. The van der Waals surface area contributed by atoms with Crippen molar-refractivity contribution < 1.29 is 14.1 Å². The first-order chi connectivity index (χ1) is 18.9. The first-order valence-electron chi connectivity index (χ1n) is 12.3. The van der Waals surface area contributed by atoms with Crippen molar-refractivity contribution in [2.24, 2.45) is 0 Å². The topological polar surface area (TPSA) is 102 Å². The number of nitrogens with zero attached hydrogens (tertiary/aromatic N) is 3. The van der Waals surface area contributed by atoms with E-state index in [2.05, 4.69) is 20.8 Å². The second-order valence-corrected chi connectivity index (χ2v) is 11.9. The minimum Gasteiger partial charge on any atom is -0.350 e. The second kappa shape index (κ2) is 10.2. The number of hydrogen-bond acceptors (Lipinski definition) is 7. The van der Waals surface area contributed by atoms with E-state index in [0.29, 0.717) is 46.7 Å². The van der Waals surface area contributed by atoms with Crippen LogP contribution in [-0.4, -0.2) is 38.3 Å². The summed E-state index contributed by atoms with van der Waals surface area (Å²) >= 11 is 9.81. The van der Waals surface area contributed by atoms with Gasteiger partial charge in [0.05, 0.1) is 19.6 Å². The van der Waals surface area contributed by atoms with E-state index in [1.807, 2.05) is 65.4 Å². The Hall–Kier alpha value is -3.60. The summed E-state index contributed by atoms with van der Waals surface area (Å²) in [5.41, 5.74) is 2.54. The molecule has 2 aromatic carbocycles. The van der Waals surface area contributed by atoms with Crippen LogP contribution in [0.15, 0.2) is 69.4 Å². The fourth-order valence-corrected chi connectivity index (χ4v) is 6.31. The van der Waals surface area contributed by atoms with Crippen LogP contribution in [0.1, 0.15) is 34.0 Å². The van der Waals surface area contributed by atoms with Crippen LogP contribution in [0.4, 0.5) is 0 Å². The normalized spacial score (nSPS) is 13.9. The highest BCUT2D eigenvalue weighted by Crippen LogP contribution is 2.39. The van der Waals surface area contributed by atoms with Gasteiger partial charge in [-0.2, -0.15) is 4.98 Å². The number of para-hydroxylation sites is 1. The van der Waals surface area contributed by atoms with E-state index in [9.17, 15) is 9.59 Å². The summed E-state index contributed by atoms with van der Waals surface area (Å²) in [6.45, 7) is 2.08. The maximum Gasteiger partial charge on any atom is 0.262 e. The Kier molecular flexibility index (Phi) is 6.70. The van der Waals surface area contributed by atoms with Gasteiger partial charge in [-0.1, -0.05) is 47.1 Å². The van der Waals surface area contributed by atoms with Crippen LogP contribution in [0.5, 0.6) is 0 Å². The Bertz CT molecular complexity index is 1700. The second-order valence-electron chi connectivity index (χ2n) is 9.36. The van der Waals surface area contributed by atoms with Crippen LogP contribution in [0.25, 0.3) is 28.1 Å². The third kappa shape index (κ3) is 4.84. The number of carbonyl (C=O) groups excluding carboxylic acids is 2. The SMILES string of the molecule is CSc1ccc(C(=O)NC2(C(=O)NCc3ccc(-n4c(-c5noc(C)n5)c(Cl)c5ccccc54)cc3)CC2)s1. The summed E-state index contributed by atoms with van der Waals surface area (Å²) in [5, 5.41) is 11.5. The molecule has 5 aromatic rings. The van der Waals surface area contributed by atoms with Crippen molar-refractivity contribution in [1.29, 1.82) is 0 Å². The zero-order valence-electron chi connectivity index (χ0n) is 21.2. The highest BCUT2D eigenvalue weighted by atomic mass is 35.5. The van der Waals surface area contributed by atoms with Crippen molar-refractivity contribution >= 4 is 57.4 Å². The lowest BCUT2D eigenvalue weighted by Gasteiger charge is -2.17. The molecule has 0 bridgehead atoms. The molecule has 1 aliphatic rings. The highest BCUT2D eigenvalue weighted by Gasteiger charge is 2.51. The minimum absolute atomic E-state index is 0.167. The van der Waals surface area contributed by atoms with E-state index in [1.165, 1.54) is 11.3 Å². The lowest BCUT2D eigenvalue weighted by atomic mass is 10.1. The van der Waals surface area contributed by atoms with Crippen molar-refractivity contribution in [2.45, 2.75) is 36.1 Å². The van der Waals surface area contributed by atoms with Gasteiger partial charge in [0.1, 0.15) is 11.2 Å². The van der Waals surface area contributed by atoms with Crippen LogP contribution in [0.3, 0.4) is 0 Å². The largest absolute Gasteiger partial charge is 0.350 e. The number of benzene rings is 2. The molecule has 8 nitrogen and oxygen atoms in total. The molecule has 39 heavy (non-hydrogen) atoms. The molecule has 3 heterocycles. The quantitative estimate of drug-likeness (QED) is 0.219. The Balaban J connectivity index is 1.19. The van der Waals surface area contributed by atoms with Crippen molar-refractivity contribution in [1.82, 2.24) is 25.3 Å². The van der Waals surface area contributed by atoms with Gasteiger partial charge in [0.2, 0.25) is 17.6 Å². The van der Waals surface area contributed by atoms with Crippen molar-refractivity contribution in [3.05, 3.63) is 82.0 Å². The zero-order valence-corrected chi connectivity index (χ0v) is 23.5. The average molecular weight is 578 g/mol. The van der Waals surface area contributed by atoms with Gasteiger partial charge in [0, 0.05) is 24.5 Å². The van der Waals surface area contributed by atoms with Gasteiger partial charge >= 0.3 is 0 Å². The molecule has 0 saturated heterocycles. The van der Waals surface area contributed by atoms with Gasteiger partial charge in [0.15, 0.2) is 0 Å². The number of amides is 2. The Morgan fingerprint density at radius 1 is 1.13 bits per heavy atom. The predicted octanol–water partition coefficient (Wildman–Crippen LogP) is 6.00. The van der Waals surface area contributed by atoms with Crippen LogP contribution in [-0.2, 0) is 11.3 Å². The molecular formula is C28H24ClN5O3S2. The molecule has 0 spiro atoms. The number of carbonyl (C=O) groups is 2. The van der Waals surface area contributed by atoms with Gasteiger partial charge in [0.25, 0.3) is 5.91 Å². The van der Waals surface area contributed by atoms with Crippen molar-refractivity contribution in [3.8, 4) is 17.2 Å². The highest BCUT2D eigenvalue weighted by molar-refractivity contribution is 8.00. The van der Waals surface area contributed by atoms with Crippen LogP contribution in [0, 0.1) is 6.92 Å². The summed E-state index contributed by atoms with van der Waals surface area (Å²) < 4.78 is 8.29. The maximum atomic E-state index is 13.0. The van der Waals surface area contributed by atoms with Crippen LogP contribution < -0.4 is 10.6 Å². The molecule has 0 atom stereocenters. The van der Waals surface area contributed by atoms with E-state index >= 15 is 0 Å². The fraction of sp³-hybridized carbons (Fsp3) is 0.214. The Morgan fingerprint density at radius 2 is 1.90 bits per heavy atom. The molecule has 0 radical (unpaired) electrons. The smallest absolute Gasteiger partial charge is 0.262 e. The number of fused-ring (bicyclic) bond motifs is 1. The summed E-state index contributed by atoms with van der Waals surface area (Å²) in [4.78, 5) is 30.7. The van der Waals surface area contributed by atoms with Gasteiger partial charge in [-0.05, 0) is 55.0 Å².